The van der Waals surface area contributed by atoms with Gasteiger partial charge in [-0.3, -0.25) is 0 Å². The molecule has 0 saturated heterocycles. The maximum Gasteiger partial charge on any atom is 0.137 e. The van der Waals surface area contributed by atoms with E-state index in [9.17, 15) is 0 Å². The molecule has 3 heteroatoms. The lowest BCUT2D eigenvalue weighted by atomic mass is 10.0. The number of nitrogens with zero attached hydrogens (tertiary/aromatic N) is 2. The largest absolute Gasteiger partial charge is 0.311 e. The first-order chi connectivity index (χ1) is 8.93. The molecule has 2 aromatic rings. The lowest BCUT2D eigenvalue weighted by molar-refractivity contribution is 0.457. The summed E-state index contributed by atoms with van der Waals surface area (Å²) in [6.45, 7) is 11.4. The van der Waals surface area contributed by atoms with E-state index in [2.05, 4.69) is 48.6 Å². The molecule has 3 rings (SSSR count). The molecule has 0 aromatic carbocycles. The van der Waals surface area contributed by atoms with Crippen molar-refractivity contribution in [1.82, 2.24) is 14.7 Å². The van der Waals surface area contributed by atoms with Crippen molar-refractivity contribution in [3.05, 3.63) is 36.3 Å². The summed E-state index contributed by atoms with van der Waals surface area (Å²) in [5.41, 5.74) is 3.05. The topological polar surface area (TPSA) is 29.3 Å². The van der Waals surface area contributed by atoms with Gasteiger partial charge in [0, 0.05) is 18.9 Å². The lowest BCUT2D eigenvalue weighted by Gasteiger charge is -2.04. The zero-order chi connectivity index (χ0) is 13.7. The summed E-state index contributed by atoms with van der Waals surface area (Å²) >= 11 is 0. The summed E-state index contributed by atoms with van der Waals surface area (Å²) in [7, 11) is 0. The summed E-state index contributed by atoms with van der Waals surface area (Å²) in [6, 6.07) is 6.09. The molecule has 102 valence electrons. The van der Waals surface area contributed by atoms with Gasteiger partial charge in [-0.1, -0.05) is 33.8 Å². The fourth-order valence-corrected chi connectivity index (χ4v) is 3.26. The third kappa shape index (κ3) is 1.96. The normalized spacial score (nSPS) is 20.8. The Morgan fingerprint density at radius 3 is 2.58 bits per heavy atom. The Labute approximate surface area is 115 Å². The van der Waals surface area contributed by atoms with Crippen LogP contribution in [0.5, 0.6) is 0 Å². The van der Waals surface area contributed by atoms with Gasteiger partial charge in [-0.25, -0.2) is 4.98 Å². The van der Waals surface area contributed by atoms with Crippen LogP contribution in [0.1, 0.15) is 33.4 Å². The molecule has 0 aliphatic heterocycles. The number of imidazole rings is 1. The highest BCUT2D eigenvalue weighted by atomic mass is 15.0. The first kappa shape index (κ1) is 12.7. The van der Waals surface area contributed by atoms with E-state index >= 15 is 0 Å². The van der Waals surface area contributed by atoms with Crippen LogP contribution in [0.15, 0.2) is 30.6 Å². The van der Waals surface area contributed by atoms with Gasteiger partial charge >= 0.3 is 0 Å². The van der Waals surface area contributed by atoms with E-state index in [1.807, 2.05) is 24.4 Å². The molecule has 1 aliphatic carbocycles. The molecule has 0 spiro atoms. The zero-order valence-corrected chi connectivity index (χ0v) is 12.3. The predicted molar refractivity (Wildman–Crippen MR) is 78.0 cm³/mol. The van der Waals surface area contributed by atoms with Crippen LogP contribution in [0, 0.1) is 16.7 Å². The highest BCUT2D eigenvalue weighted by Gasteiger charge is 2.63. The van der Waals surface area contributed by atoms with Crippen molar-refractivity contribution in [1.29, 1.82) is 0 Å². The van der Waals surface area contributed by atoms with Gasteiger partial charge in [0.1, 0.15) is 5.65 Å². The summed E-state index contributed by atoms with van der Waals surface area (Å²) in [6.07, 6.45) is 4.14. The number of hydrogen-bond donors (Lipinski definition) is 1. The fourth-order valence-electron chi connectivity index (χ4n) is 3.26. The number of hydrogen-bond acceptors (Lipinski definition) is 2. The monoisotopic (exact) mass is 257 g/mol. The number of fused-ring (bicyclic) bond motifs is 1. The van der Waals surface area contributed by atoms with Crippen LogP contribution in [0.2, 0.25) is 0 Å². The molecule has 0 atom stereocenters. The van der Waals surface area contributed by atoms with Crippen molar-refractivity contribution < 1.29 is 0 Å². The van der Waals surface area contributed by atoms with Gasteiger partial charge in [-0.05, 0) is 35.4 Å². The number of pyridine rings is 1. The highest BCUT2D eigenvalue weighted by molar-refractivity contribution is 5.39. The molecule has 1 saturated carbocycles. The van der Waals surface area contributed by atoms with Gasteiger partial charge in [-0.15, -0.1) is 0 Å². The minimum Gasteiger partial charge on any atom is -0.311 e. The minimum absolute atomic E-state index is 0.457. The van der Waals surface area contributed by atoms with E-state index in [0.29, 0.717) is 10.8 Å². The first-order valence-corrected chi connectivity index (χ1v) is 7.06. The van der Waals surface area contributed by atoms with Crippen molar-refractivity contribution >= 4 is 5.65 Å². The minimum atomic E-state index is 0.457. The second kappa shape index (κ2) is 4.07. The molecule has 0 amide bonds. The molecule has 1 aliphatic rings. The molecule has 0 unspecified atom stereocenters. The maximum absolute atomic E-state index is 4.60. The van der Waals surface area contributed by atoms with Crippen molar-refractivity contribution in [3.8, 4) is 0 Å². The highest BCUT2D eigenvalue weighted by Crippen LogP contribution is 2.67. The van der Waals surface area contributed by atoms with E-state index in [4.69, 9.17) is 0 Å². The van der Waals surface area contributed by atoms with E-state index in [-0.39, 0.29) is 0 Å². The second-order valence-corrected chi connectivity index (χ2v) is 6.83. The van der Waals surface area contributed by atoms with Crippen molar-refractivity contribution in [2.45, 2.75) is 34.2 Å². The average molecular weight is 257 g/mol. The Morgan fingerprint density at radius 1 is 1.21 bits per heavy atom. The van der Waals surface area contributed by atoms with Gasteiger partial charge in [0.15, 0.2) is 0 Å². The lowest BCUT2D eigenvalue weighted by Crippen LogP contribution is -2.19. The Morgan fingerprint density at radius 2 is 1.95 bits per heavy atom. The van der Waals surface area contributed by atoms with E-state index in [1.165, 1.54) is 0 Å². The van der Waals surface area contributed by atoms with Crippen LogP contribution >= 0.6 is 0 Å². The number of rotatable bonds is 4. The fraction of sp³-hybridized carbons (Fsp3) is 0.562. The number of aromatic nitrogens is 2. The first-order valence-electron chi connectivity index (χ1n) is 7.06. The Bertz CT molecular complexity index is 548. The van der Waals surface area contributed by atoms with Gasteiger partial charge in [0.25, 0.3) is 0 Å². The van der Waals surface area contributed by atoms with Crippen molar-refractivity contribution in [2.24, 2.45) is 16.7 Å². The standard InChI is InChI=1S/C16H23N3/c1-15(2)13(16(15,3)4)10-17-9-12-11-19-8-6-5-7-14(19)18-12/h5-8,11,13,17H,9-10H2,1-4H3. The summed E-state index contributed by atoms with van der Waals surface area (Å²) in [5, 5.41) is 3.56. The quantitative estimate of drug-likeness (QED) is 0.912. The molecule has 2 heterocycles. The zero-order valence-electron chi connectivity index (χ0n) is 12.3. The maximum atomic E-state index is 4.60. The molecule has 19 heavy (non-hydrogen) atoms. The van der Waals surface area contributed by atoms with Gasteiger partial charge in [0.05, 0.1) is 5.69 Å². The third-order valence-electron chi connectivity index (χ3n) is 5.39. The predicted octanol–water partition coefficient (Wildman–Crippen LogP) is 3.11. The van der Waals surface area contributed by atoms with Gasteiger partial charge in [0.2, 0.25) is 0 Å². The molecular weight excluding hydrogens is 234 g/mol. The van der Waals surface area contributed by atoms with Crippen LogP contribution < -0.4 is 5.32 Å². The molecule has 0 bridgehead atoms. The average Bonchev–Trinajstić information content (AvgIpc) is 2.68. The SMILES string of the molecule is CC1(C)C(CNCc2cn3ccccc3n2)C1(C)C. The Balaban J connectivity index is 1.59. The molecule has 2 aromatic heterocycles. The molecule has 0 radical (unpaired) electrons. The summed E-state index contributed by atoms with van der Waals surface area (Å²) in [5.74, 6) is 0.761. The second-order valence-electron chi connectivity index (χ2n) is 6.83. The molecule has 3 nitrogen and oxygen atoms in total. The van der Waals surface area contributed by atoms with Crippen LogP contribution in [0.25, 0.3) is 5.65 Å². The van der Waals surface area contributed by atoms with Crippen LogP contribution in [0.3, 0.4) is 0 Å². The van der Waals surface area contributed by atoms with E-state index < -0.39 is 0 Å². The van der Waals surface area contributed by atoms with Crippen LogP contribution in [0.4, 0.5) is 0 Å². The Hall–Kier alpha value is -1.35. The van der Waals surface area contributed by atoms with Crippen molar-refractivity contribution in [2.75, 3.05) is 6.54 Å². The molecule has 1 fully saturated rings. The summed E-state index contributed by atoms with van der Waals surface area (Å²) < 4.78 is 2.07. The van der Waals surface area contributed by atoms with E-state index in [0.717, 1.165) is 30.3 Å². The summed E-state index contributed by atoms with van der Waals surface area (Å²) in [4.78, 5) is 4.60. The van der Waals surface area contributed by atoms with Gasteiger partial charge in [-0.2, -0.15) is 0 Å². The smallest absolute Gasteiger partial charge is 0.137 e. The number of nitrogens with one attached hydrogen (secondary N) is 1. The van der Waals surface area contributed by atoms with Crippen molar-refractivity contribution in [3.63, 3.8) is 0 Å². The molecular formula is C16H23N3. The molecule has 1 N–H and O–H groups in total. The Kier molecular flexibility index (Phi) is 2.72. The van der Waals surface area contributed by atoms with E-state index in [1.54, 1.807) is 0 Å². The third-order valence-corrected chi connectivity index (χ3v) is 5.39. The van der Waals surface area contributed by atoms with Crippen LogP contribution in [-0.2, 0) is 6.54 Å². The van der Waals surface area contributed by atoms with Gasteiger partial charge < -0.3 is 9.72 Å². The van der Waals surface area contributed by atoms with Crippen LogP contribution in [-0.4, -0.2) is 15.9 Å².